The van der Waals surface area contributed by atoms with E-state index >= 15 is 0 Å². The molecule has 1 amide bonds. The molecule has 0 saturated carbocycles. The second kappa shape index (κ2) is 9.67. The molecule has 0 aliphatic heterocycles. The Labute approximate surface area is 145 Å². The number of benzene rings is 1. The average Bonchev–Trinajstić information content (AvgIpc) is 2.49. The van der Waals surface area contributed by atoms with E-state index < -0.39 is 17.9 Å². The monoisotopic (exact) mass is 359 g/mol. The Morgan fingerprint density at radius 2 is 1.96 bits per heavy atom. The molecule has 0 heterocycles. The van der Waals surface area contributed by atoms with Gasteiger partial charge in [-0.2, -0.15) is 11.8 Å². The molecule has 0 saturated heterocycles. The molecule has 1 atom stereocenters. The number of thioether (sulfide) groups is 1. The van der Waals surface area contributed by atoms with Gasteiger partial charge in [0.1, 0.15) is 11.8 Å². The van der Waals surface area contributed by atoms with Crippen molar-refractivity contribution in [3.8, 4) is 5.75 Å². The number of ether oxygens (including phenoxy) is 1. The van der Waals surface area contributed by atoms with Gasteiger partial charge in [0.15, 0.2) is 6.61 Å². The Balaban J connectivity index is 2.53. The van der Waals surface area contributed by atoms with Crippen molar-refractivity contribution in [2.45, 2.75) is 33.2 Å². The van der Waals surface area contributed by atoms with Crippen LogP contribution in [0.2, 0.25) is 5.02 Å². The summed E-state index contributed by atoms with van der Waals surface area (Å²) in [6.07, 6.45) is 0.388. The molecular weight excluding hydrogens is 338 g/mol. The number of aryl methyl sites for hydroxylation is 2. The summed E-state index contributed by atoms with van der Waals surface area (Å²) in [6, 6.07) is 2.60. The smallest absolute Gasteiger partial charge is 0.326 e. The van der Waals surface area contributed by atoms with Gasteiger partial charge in [-0.25, -0.2) is 4.79 Å². The first-order valence-corrected chi connectivity index (χ1v) is 8.87. The summed E-state index contributed by atoms with van der Waals surface area (Å²) in [4.78, 5) is 23.0. The molecule has 0 fully saturated rings. The molecule has 5 nitrogen and oxygen atoms in total. The van der Waals surface area contributed by atoms with E-state index in [4.69, 9.17) is 21.4 Å². The molecule has 2 N–H and O–H groups in total. The van der Waals surface area contributed by atoms with Crippen molar-refractivity contribution in [3.63, 3.8) is 0 Å². The predicted molar refractivity (Wildman–Crippen MR) is 93.6 cm³/mol. The second-order valence-electron chi connectivity index (χ2n) is 5.10. The maximum absolute atomic E-state index is 11.9. The molecule has 0 aromatic heterocycles. The van der Waals surface area contributed by atoms with Crippen molar-refractivity contribution in [3.05, 3.63) is 28.3 Å². The Morgan fingerprint density at radius 3 is 2.48 bits per heavy atom. The van der Waals surface area contributed by atoms with E-state index in [0.717, 1.165) is 16.9 Å². The normalized spacial score (nSPS) is 11.8. The molecule has 0 spiro atoms. The minimum absolute atomic E-state index is 0.231. The van der Waals surface area contributed by atoms with Gasteiger partial charge in [0, 0.05) is 5.02 Å². The lowest BCUT2D eigenvalue weighted by Crippen LogP contribution is -2.43. The topological polar surface area (TPSA) is 75.6 Å². The highest BCUT2D eigenvalue weighted by atomic mass is 35.5. The third-order valence-corrected chi connectivity index (χ3v) is 4.70. The summed E-state index contributed by atoms with van der Waals surface area (Å²) < 4.78 is 5.42. The first-order chi connectivity index (χ1) is 10.8. The molecular formula is C16H22ClNO4S. The third-order valence-electron chi connectivity index (χ3n) is 3.17. The average molecular weight is 360 g/mol. The maximum Gasteiger partial charge on any atom is 0.326 e. The largest absolute Gasteiger partial charge is 0.484 e. The highest BCUT2D eigenvalue weighted by molar-refractivity contribution is 7.99. The molecule has 0 radical (unpaired) electrons. The van der Waals surface area contributed by atoms with E-state index in [9.17, 15) is 9.59 Å². The summed E-state index contributed by atoms with van der Waals surface area (Å²) in [7, 11) is 0. The van der Waals surface area contributed by atoms with Crippen molar-refractivity contribution < 1.29 is 19.4 Å². The fraction of sp³-hybridized carbons (Fsp3) is 0.500. The van der Waals surface area contributed by atoms with Gasteiger partial charge in [0.2, 0.25) is 0 Å². The number of hydrogen-bond acceptors (Lipinski definition) is 4. The quantitative estimate of drug-likeness (QED) is 0.663. The van der Waals surface area contributed by atoms with Gasteiger partial charge in [-0.1, -0.05) is 18.5 Å². The van der Waals surface area contributed by atoms with Gasteiger partial charge in [0.05, 0.1) is 0 Å². The van der Waals surface area contributed by atoms with Gasteiger partial charge in [-0.3, -0.25) is 4.79 Å². The van der Waals surface area contributed by atoms with Gasteiger partial charge in [-0.05, 0) is 55.0 Å². The molecule has 1 rings (SSSR count). The number of rotatable bonds is 9. The van der Waals surface area contributed by atoms with Crippen molar-refractivity contribution in [1.29, 1.82) is 0 Å². The van der Waals surface area contributed by atoms with Gasteiger partial charge < -0.3 is 15.2 Å². The number of carbonyl (C=O) groups is 2. The van der Waals surface area contributed by atoms with Crippen LogP contribution in [-0.4, -0.2) is 41.1 Å². The standard InChI is InChI=1S/C16H22ClNO4S/c1-4-23-6-5-13(16(20)21)18-14(19)9-22-12-7-10(2)15(17)11(3)8-12/h7-8,13H,4-6,9H2,1-3H3,(H,18,19)(H,20,21). The Hall–Kier alpha value is -1.40. The minimum atomic E-state index is -1.03. The zero-order chi connectivity index (χ0) is 17.4. The Morgan fingerprint density at radius 1 is 1.35 bits per heavy atom. The molecule has 1 unspecified atom stereocenters. The summed E-state index contributed by atoms with van der Waals surface area (Å²) in [6.45, 7) is 5.48. The molecule has 1 aromatic carbocycles. The summed E-state index contributed by atoms with van der Waals surface area (Å²) in [5, 5.41) is 12.3. The van der Waals surface area contributed by atoms with Crippen LogP contribution in [0.3, 0.4) is 0 Å². The van der Waals surface area contributed by atoms with Crippen molar-refractivity contribution >= 4 is 35.2 Å². The first kappa shape index (κ1) is 19.6. The summed E-state index contributed by atoms with van der Waals surface area (Å²) >= 11 is 7.71. The fourth-order valence-corrected chi connectivity index (χ4v) is 2.78. The van der Waals surface area contributed by atoms with E-state index in [1.54, 1.807) is 23.9 Å². The Kier molecular flexibility index (Phi) is 8.26. The maximum atomic E-state index is 11.9. The lowest BCUT2D eigenvalue weighted by molar-refractivity contribution is -0.142. The lowest BCUT2D eigenvalue weighted by Gasteiger charge is -2.15. The SMILES string of the molecule is CCSCCC(NC(=O)COc1cc(C)c(Cl)c(C)c1)C(=O)O. The summed E-state index contributed by atoms with van der Waals surface area (Å²) in [5.41, 5.74) is 1.73. The van der Waals surface area contributed by atoms with Crippen LogP contribution in [0.4, 0.5) is 0 Å². The fourth-order valence-electron chi connectivity index (χ4n) is 1.98. The van der Waals surface area contributed by atoms with Crippen LogP contribution in [0.5, 0.6) is 5.75 Å². The number of halogens is 1. The van der Waals surface area contributed by atoms with E-state index in [2.05, 4.69) is 5.32 Å². The van der Waals surface area contributed by atoms with E-state index in [-0.39, 0.29) is 6.61 Å². The number of nitrogens with one attached hydrogen (secondary N) is 1. The number of carboxylic acids is 1. The first-order valence-electron chi connectivity index (χ1n) is 7.34. The molecule has 7 heteroatoms. The van der Waals surface area contributed by atoms with E-state index in [1.807, 2.05) is 20.8 Å². The second-order valence-corrected chi connectivity index (χ2v) is 6.88. The van der Waals surface area contributed by atoms with Crippen LogP contribution in [-0.2, 0) is 9.59 Å². The minimum Gasteiger partial charge on any atom is -0.484 e. The highest BCUT2D eigenvalue weighted by Crippen LogP contribution is 2.25. The molecule has 23 heavy (non-hydrogen) atoms. The number of hydrogen-bond donors (Lipinski definition) is 2. The van der Waals surface area contributed by atoms with Crippen LogP contribution in [0.15, 0.2) is 12.1 Å². The van der Waals surface area contributed by atoms with Crippen LogP contribution < -0.4 is 10.1 Å². The number of carboxylic acid groups (broad SMARTS) is 1. The molecule has 128 valence electrons. The zero-order valence-electron chi connectivity index (χ0n) is 13.5. The molecule has 0 aliphatic carbocycles. The van der Waals surface area contributed by atoms with Crippen molar-refractivity contribution in [2.24, 2.45) is 0 Å². The summed E-state index contributed by atoms with van der Waals surface area (Å²) in [5.74, 6) is 0.647. The van der Waals surface area contributed by atoms with Crippen LogP contribution in [0, 0.1) is 13.8 Å². The Bertz CT molecular complexity index is 542. The number of aliphatic carboxylic acids is 1. The van der Waals surface area contributed by atoms with Gasteiger partial charge in [0.25, 0.3) is 5.91 Å². The van der Waals surface area contributed by atoms with E-state index in [1.165, 1.54) is 0 Å². The zero-order valence-corrected chi connectivity index (χ0v) is 15.1. The molecule has 1 aromatic rings. The van der Waals surface area contributed by atoms with Crippen LogP contribution in [0.1, 0.15) is 24.5 Å². The number of carbonyl (C=O) groups excluding carboxylic acids is 1. The van der Waals surface area contributed by atoms with Crippen molar-refractivity contribution in [2.75, 3.05) is 18.1 Å². The number of amides is 1. The van der Waals surface area contributed by atoms with Gasteiger partial charge in [-0.15, -0.1) is 0 Å². The van der Waals surface area contributed by atoms with Crippen molar-refractivity contribution in [1.82, 2.24) is 5.32 Å². The predicted octanol–water partition coefficient (Wildman–Crippen LogP) is 3.05. The molecule has 0 bridgehead atoms. The highest BCUT2D eigenvalue weighted by Gasteiger charge is 2.19. The lowest BCUT2D eigenvalue weighted by atomic mass is 10.1. The van der Waals surface area contributed by atoms with Crippen LogP contribution in [0.25, 0.3) is 0 Å². The third kappa shape index (κ3) is 6.71. The van der Waals surface area contributed by atoms with Gasteiger partial charge >= 0.3 is 5.97 Å². The van der Waals surface area contributed by atoms with E-state index in [0.29, 0.717) is 22.9 Å². The van der Waals surface area contributed by atoms with Crippen LogP contribution >= 0.6 is 23.4 Å². The molecule has 0 aliphatic rings.